The van der Waals surface area contributed by atoms with Gasteiger partial charge in [-0.25, -0.2) is 0 Å². The molecule has 2 nitrogen and oxygen atoms in total. The van der Waals surface area contributed by atoms with E-state index in [1.54, 1.807) is 0 Å². The monoisotopic (exact) mass is 131 g/mol. The highest BCUT2D eigenvalue weighted by atomic mass is 16.7. The summed E-state index contributed by atoms with van der Waals surface area (Å²) in [6.07, 6.45) is 2.07. The maximum Gasteiger partial charge on any atom is 0.209 e. The van der Waals surface area contributed by atoms with Crippen LogP contribution in [0.5, 0.6) is 0 Å². The van der Waals surface area contributed by atoms with Crippen molar-refractivity contribution < 1.29 is 9.47 Å². The molecule has 0 aliphatic rings. The molecule has 0 saturated carbocycles. The first-order valence-corrected chi connectivity index (χ1v) is 3.46. The molecule has 0 fully saturated rings. The molecule has 0 aliphatic carbocycles. The summed E-state index contributed by atoms with van der Waals surface area (Å²) >= 11 is 0. The summed E-state index contributed by atoms with van der Waals surface area (Å²) in [5.41, 5.74) is 0. The van der Waals surface area contributed by atoms with Crippen LogP contribution < -0.4 is 0 Å². The molecule has 0 atom stereocenters. The van der Waals surface area contributed by atoms with Gasteiger partial charge in [0.15, 0.2) is 0 Å². The van der Waals surface area contributed by atoms with E-state index in [1.165, 1.54) is 6.79 Å². The van der Waals surface area contributed by atoms with Crippen molar-refractivity contribution >= 4 is 0 Å². The molecular weight excluding hydrogens is 116 g/mol. The SMILES string of the molecule is CCCO[CH]OCCC. The van der Waals surface area contributed by atoms with Gasteiger partial charge in [-0.2, -0.15) is 0 Å². The molecule has 2 heteroatoms. The summed E-state index contributed by atoms with van der Waals surface area (Å²) in [5.74, 6) is 0. The number of hydrogen-bond acceptors (Lipinski definition) is 2. The van der Waals surface area contributed by atoms with Gasteiger partial charge in [-0.05, 0) is 12.8 Å². The third-order valence-corrected chi connectivity index (χ3v) is 0.780. The Labute approximate surface area is 57.2 Å². The normalized spacial score (nSPS) is 10.0. The van der Waals surface area contributed by atoms with Crippen LogP contribution in [0.4, 0.5) is 0 Å². The fourth-order valence-corrected chi connectivity index (χ4v) is 0.380. The van der Waals surface area contributed by atoms with E-state index in [4.69, 9.17) is 9.47 Å². The van der Waals surface area contributed by atoms with E-state index in [0.717, 1.165) is 26.1 Å². The van der Waals surface area contributed by atoms with E-state index < -0.39 is 0 Å². The summed E-state index contributed by atoms with van der Waals surface area (Å²) in [6, 6.07) is 0. The van der Waals surface area contributed by atoms with Gasteiger partial charge in [-0.15, -0.1) is 0 Å². The smallest absolute Gasteiger partial charge is 0.209 e. The Morgan fingerprint density at radius 1 is 1.00 bits per heavy atom. The van der Waals surface area contributed by atoms with Crippen molar-refractivity contribution in [3.05, 3.63) is 6.79 Å². The molecule has 0 aromatic heterocycles. The maximum atomic E-state index is 4.94. The third kappa shape index (κ3) is 7.92. The van der Waals surface area contributed by atoms with Crippen LogP contribution in [0.1, 0.15) is 26.7 Å². The lowest BCUT2D eigenvalue weighted by atomic mass is 10.5. The lowest BCUT2D eigenvalue weighted by Gasteiger charge is -1.99. The van der Waals surface area contributed by atoms with E-state index in [2.05, 4.69) is 13.8 Å². The highest BCUT2D eigenvalue weighted by molar-refractivity contribution is 4.31. The van der Waals surface area contributed by atoms with Crippen molar-refractivity contribution in [2.45, 2.75) is 26.7 Å². The second-order valence-corrected chi connectivity index (χ2v) is 1.84. The van der Waals surface area contributed by atoms with Gasteiger partial charge in [-0.3, -0.25) is 0 Å². The van der Waals surface area contributed by atoms with Gasteiger partial charge in [0.2, 0.25) is 6.79 Å². The average molecular weight is 131 g/mol. The minimum atomic E-state index is 0.754. The highest BCUT2D eigenvalue weighted by Gasteiger charge is 1.84. The van der Waals surface area contributed by atoms with Crippen molar-refractivity contribution in [1.29, 1.82) is 0 Å². The molecule has 0 heterocycles. The second-order valence-electron chi connectivity index (χ2n) is 1.84. The van der Waals surface area contributed by atoms with Gasteiger partial charge < -0.3 is 9.47 Å². The standard InChI is InChI=1S/C7H15O2/c1-3-5-8-7-9-6-4-2/h7H,3-6H2,1-2H3. The van der Waals surface area contributed by atoms with Crippen LogP contribution in [-0.2, 0) is 9.47 Å². The Morgan fingerprint density at radius 3 is 1.78 bits per heavy atom. The average Bonchev–Trinajstić information content (AvgIpc) is 1.89. The molecule has 0 N–H and O–H groups in total. The molecule has 0 aromatic rings. The minimum Gasteiger partial charge on any atom is -0.348 e. The molecule has 0 unspecified atom stereocenters. The molecule has 0 rings (SSSR count). The van der Waals surface area contributed by atoms with E-state index >= 15 is 0 Å². The summed E-state index contributed by atoms with van der Waals surface area (Å²) in [7, 11) is 0. The Hall–Kier alpha value is -0.0800. The number of rotatable bonds is 6. The third-order valence-electron chi connectivity index (χ3n) is 0.780. The van der Waals surface area contributed by atoms with Crippen LogP contribution in [0.2, 0.25) is 0 Å². The van der Waals surface area contributed by atoms with Gasteiger partial charge in [0.1, 0.15) is 0 Å². The predicted octanol–water partition coefficient (Wildman–Crippen LogP) is 1.96. The Balaban J connectivity index is 2.60. The van der Waals surface area contributed by atoms with Crippen LogP contribution in [0, 0.1) is 6.79 Å². The molecule has 0 bridgehead atoms. The van der Waals surface area contributed by atoms with Crippen LogP contribution in [0.25, 0.3) is 0 Å². The zero-order chi connectivity index (χ0) is 6.95. The lowest BCUT2D eigenvalue weighted by Crippen LogP contribution is -1.95. The number of ether oxygens (including phenoxy) is 2. The maximum absolute atomic E-state index is 4.94. The molecule has 0 saturated heterocycles. The molecule has 9 heavy (non-hydrogen) atoms. The Morgan fingerprint density at radius 2 is 1.44 bits per heavy atom. The number of hydrogen-bond donors (Lipinski definition) is 0. The van der Waals surface area contributed by atoms with Gasteiger partial charge in [0.25, 0.3) is 0 Å². The first-order chi connectivity index (χ1) is 4.41. The molecule has 55 valence electrons. The van der Waals surface area contributed by atoms with Crippen molar-refractivity contribution in [3.8, 4) is 0 Å². The van der Waals surface area contributed by atoms with Crippen molar-refractivity contribution in [1.82, 2.24) is 0 Å². The first-order valence-electron chi connectivity index (χ1n) is 3.46. The van der Waals surface area contributed by atoms with Crippen molar-refractivity contribution in [2.75, 3.05) is 13.2 Å². The fourth-order valence-electron chi connectivity index (χ4n) is 0.380. The Kier molecular flexibility index (Phi) is 7.85. The van der Waals surface area contributed by atoms with E-state index in [1.807, 2.05) is 0 Å². The molecular formula is C7H15O2. The van der Waals surface area contributed by atoms with Gasteiger partial charge in [0, 0.05) is 13.2 Å². The molecule has 0 aliphatic heterocycles. The van der Waals surface area contributed by atoms with E-state index in [9.17, 15) is 0 Å². The highest BCUT2D eigenvalue weighted by Crippen LogP contribution is 1.88. The lowest BCUT2D eigenvalue weighted by molar-refractivity contribution is 0.0211. The minimum absolute atomic E-state index is 0.754. The van der Waals surface area contributed by atoms with Crippen LogP contribution >= 0.6 is 0 Å². The van der Waals surface area contributed by atoms with Crippen molar-refractivity contribution in [3.63, 3.8) is 0 Å². The van der Waals surface area contributed by atoms with Crippen LogP contribution in [-0.4, -0.2) is 13.2 Å². The summed E-state index contributed by atoms with van der Waals surface area (Å²) in [5, 5.41) is 0. The predicted molar refractivity (Wildman–Crippen MR) is 36.8 cm³/mol. The molecule has 0 spiro atoms. The summed E-state index contributed by atoms with van der Waals surface area (Å²) < 4.78 is 9.88. The van der Waals surface area contributed by atoms with Crippen LogP contribution in [0.3, 0.4) is 0 Å². The molecule has 0 amide bonds. The van der Waals surface area contributed by atoms with Gasteiger partial charge in [0.05, 0.1) is 0 Å². The fraction of sp³-hybridized carbons (Fsp3) is 0.857. The zero-order valence-electron chi connectivity index (χ0n) is 6.22. The zero-order valence-corrected chi connectivity index (χ0v) is 6.22. The quantitative estimate of drug-likeness (QED) is 0.513. The topological polar surface area (TPSA) is 18.5 Å². The van der Waals surface area contributed by atoms with E-state index in [-0.39, 0.29) is 0 Å². The van der Waals surface area contributed by atoms with Crippen LogP contribution in [0.15, 0.2) is 0 Å². The largest absolute Gasteiger partial charge is 0.348 e. The molecule has 1 radical (unpaired) electrons. The van der Waals surface area contributed by atoms with E-state index in [0.29, 0.717) is 0 Å². The summed E-state index contributed by atoms with van der Waals surface area (Å²) in [4.78, 5) is 0. The van der Waals surface area contributed by atoms with Gasteiger partial charge in [-0.1, -0.05) is 13.8 Å². The Bertz CT molecular complexity index is 40.2. The summed E-state index contributed by atoms with van der Waals surface area (Å²) in [6.45, 7) is 7.06. The second kappa shape index (κ2) is 7.92. The van der Waals surface area contributed by atoms with Gasteiger partial charge >= 0.3 is 0 Å². The molecule has 0 aromatic carbocycles. The van der Waals surface area contributed by atoms with Crippen molar-refractivity contribution in [2.24, 2.45) is 0 Å². The first kappa shape index (κ1) is 8.92.